The van der Waals surface area contributed by atoms with E-state index in [1.807, 2.05) is 9.80 Å². The van der Waals surface area contributed by atoms with Gasteiger partial charge < -0.3 is 9.80 Å². The third-order valence-corrected chi connectivity index (χ3v) is 6.27. The fourth-order valence-electron chi connectivity index (χ4n) is 4.56. The quantitative estimate of drug-likeness (QED) is 0.544. The van der Waals surface area contributed by atoms with Crippen molar-refractivity contribution < 1.29 is 22.0 Å². The number of anilines is 2. The van der Waals surface area contributed by atoms with E-state index in [1.54, 1.807) is 6.20 Å². The Labute approximate surface area is 185 Å². The largest absolute Gasteiger partial charge is 0.433 e. The molecule has 3 aromatic heterocycles. The molecule has 2 saturated heterocycles. The van der Waals surface area contributed by atoms with Crippen molar-refractivity contribution in [3.8, 4) is 0 Å². The molecular formula is C20H21F5N8. The molecule has 0 unspecified atom stereocenters. The van der Waals surface area contributed by atoms with E-state index in [1.165, 1.54) is 17.8 Å². The first-order valence-corrected chi connectivity index (χ1v) is 10.5. The SMILES string of the molecule is Cc1nc(N2CC3(CCN(c4ncc5cnn(CC(F)F)c5n4)CC3)C2)cc(C(F)(F)F)n1. The van der Waals surface area contributed by atoms with Crippen LogP contribution in [0.3, 0.4) is 0 Å². The summed E-state index contributed by atoms with van der Waals surface area (Å²) in [5, 5.41) is 4.56. The Bertz CT molecular complexity index is 1160. The maximum absolute atomic E-state index is 13.1. The van der Waals surface area contributed by atoms with Gasteiger partial charge in [-0.05, 0) is 19.8 Å². The van der Waals surface area contributed by atoms with Gasteiger partial charge in [0.2, 0.25) is 5.95 Å². The first-order chi connectivity index (χ1) is 15.6. The van der Waals surface area contributed by atoms with Crippen molar-refractivity contribution in [2.45, 2.75) is 38.9 Å². The lowest BCUT2D eigenvalue weighted by atomic mass is 9.72. The Hall–Kier alpha value is -3.12. The second kappa shape index (κ2) is 7.73. The third-order valence-electron chi connectivity index (χ3n) is 6.27. The molecule has 0 radical (unpaired) electrons. The summed E-state index contributed by atoms with van der Waals surface area (Å²) in [4.78, 5) is 20.4. The molecule has 2 fully saturated rings. The van der Waals surface area contributed by atoms with Gasteiger partial charge in [-0.3, -0.25) is 0 Å². The summed E-state index contributed by atoms with van der Waals surface area (Å²) in [6.07, 6.45) is -2.36. The van der Waals surface area contributed by atoms with Crippen LogP contribution in [0.1, 0.15) is 24.4 Å². The van der Waals surface area contributed by atoms with E-state index in [-0.39, 0.29) is 11.2 Å². The van der Waals surface area contributed by atoms with E-state index in [9.17, 15) is 22.0 Å². The summed E-state index contributed by atoms with van der Waals surface area (Å²) in [7, 11) is 0. The molecule has 8 nitrogen and oxygen atoms in total. The Morgan fingerprint density at radius 2 is 1.76 bits per heavy atom. The van der Waals surface area contributed by atoms with Crippen molar-refractivity contribution in [3.63, 3.8) is 0 Å². The van der Waals surface area contributed by atoms with Crippen LogP contribution in [0.5, 0.6) is 0 Å². The first-order valence-electron chi connectivity index (χ1n) is 10.5. The summed E-state index contributed by atoms with van der Waals surface area (Å²) < 4.78 is 66.0. The predicted molar refractivity (Wildman–Crippen MR) is 109 cm³/mol. The molecule has 0 aromatic carbocycles. The number of rotatable bonds is 4. The standard InChI is InChI=1S/C20H21F5N8/c1-12-28-14(20(23,24)25)6-16(29-12)32-10-19(11-32)2-4-31(5-3-19)18-26-7-13-8-27-33(9-15(21)22)17(13)30-18/h6-8,15H,2-5,9-11H2,1H3. The number of alkyl halides is 5. The molecule has 0 bridgehead atoms. The van der Waals surface area contributed by atoms with Crippen LogP contribution in [0.15, 0.2) is 18.5 Å². The van der Waals surface area contributed by atoms with Gasteiger partial charge in [-0.15, -0.1) is 0 Å². The fraction of sp³-hybridized carbons (Fsp3) is 0.550. The zero-order chi connectivity index (χ0) is 23.4. The number of aryl methyl sites for hydroxylation is 1. The van der Waals surface area contributed by atoms with Gasteiger partial charge in [-0.1, -0.05) is 0 Å². The van der Waals surface area contributed by atoms with E-state index in [0.29, 0.717) is 49.0 Å². The van der Waals surface area contributed by atoms with Gasteiger partial charge in [0.05, 0.1) is 11.6 Å². The Morgan fingerprint density at radius 3 is 2.42 bits per heavy atom. The molecule has 5 rings (SSSR count). The first kappa shape index (κ1) is 21.7. The minimum absolute atomic E-state index is 0.00466. The highest BCUT2D eigenvalue weighted by Crippen LogP contribution is 2.43. The van der Waals surface area contributed by atoms with Crippen molar-refractivity contribution in [1.29, 1.82) is 0 Å². The van der Waals surface area contributed by atoms with E-state index in [0.717, 1.165) is 18.9 Å². The molecule has 33 heavy (non-hydrogen) atoms. The lowest BCUT2D eigenvalue weighted by Gasteiger charge is -2.54. The number of hydrogen-bond acceptors (Lipinski definition) is 7. The molecule has 13 heteroatoms. The van der Waals surface area contributed by atoms with Gasteiger partial charge in [0.25, 0.3) is 6.43 Å². The molecule has 0 saturated carbocycles. The second-order valence-corrected chi connectivity index (χ2v) is 8.67. The molecule has 0 aliphatic carbocycles. The van der Waals surface area contributed by atoms with Gasteiger partial charge in [0.1, 0.15) is 23.9 Å². The van der Waals surface area contributed by atoms with Crippen LogP contribution in [0.2, 0.25) is 0 Å². The van der Waals surface area contributed by atoms with Crippen molar-refractivity contribution in [3.05, 3.63) is 30.0 Å². The fourth-order valence-corrected chi connectivity index (χ4v) is 4.56. The van der Waals surface area contributed by atoms with Crippen molar-refractivity contribution >= 4 is 22.8 Å². The minimum Gasteiger partial charge on any atom is -0.355 e. The maximum atomic E-state index is 13.1. The normalized spacial score (nSPS) is 18.4. The van der Waals surface area contributed by atoms with E-state index in [2.05, 4.69) is 25.0 Å². The zero-order valence-corrected chi connectivity index (χ0v) is 17.7. The number of piperidine rings is 1. The van der Waals surface area contributed by atoms with Crippen LogP contribution in [0.25, 0.3) is 11.0 Å². The average Bonchev–Trinajstić information content (AvgIpc) is 3.12. The van der Waals surface area contributed by atoms with Gasteiger partial charge in [0, 0.05) is 43.9 Å². The van der Waals surface area contributed by atoms with Crippen LogP contribution in [-0.2, 0) is 12.7 Å². The highest BCUT2D eigenvalue weighted by molar-refractivity contribution is 5.74. The molecule has 3 aromatic rings. The summed E-state index contributed by atoms with van der Waals surface area (Å²) in [5.74, 6) is 0.851. The molecule has 2 aliphatic heterocycles. The van der Waals surface area contributed by atoms with E-state index < -0.39 is 24.8 Å². The summed E-state index contributed by atoms with van der Waals surface area (Å²) in [6, 6.07) is 1.00. The molecule has 0 N–H and O–H groups in total. The topological polar surface area (TPSA) is 75.9 Å². The van der Waals surface area contributed by atoms with Crippen LogP contribution in [0, 0.1) is 12.3 Å². The number of aromatic nitrogens is 6. The highest BCUT2D eigenvalue weighted by Gasteiger charge is 2.46. The Kier molecular flexibility index (Phi) is 5.09. The predicted octanol–water partition coefficient (Wildman–Crippen LogP) is 3.32. The van der Waals surface area contributed by atoms with Crippen LogP contribution in [0.4, 0.5) is 33.7 Å². The van der Waals surface area contributed by atoms with Crippen molar-refractivity contribution in [2.75, 3.05) is 36.0 Å². The van der Waals surface area contributed by atoms with Crippen LogP contribution < -0.4 is 9.80 Å². The monoisotopic (exact) mass is 468 g/mol. The Morgan fingerprint density at radius 1 is 1.03 bits per heavy atom. The zero-order valence-electron chi connectivity index (χ0n) is 17.7. The van der Waals surface area contributed by atoms with Gasteiger partial charge >= 0.3 is 6.18 Å². The lowest BCUT2D eigenvalue weighted by Crippen LogP contribution is -2.61. The van der Waals surface area contributed by atoms with Crippen LogP contribution >= 0.6 is 0 Å². The number of nitrogens with zero attached hydrogens (tertiary/aromatic N) is 8. The average molecular weight is 468 g/mol. The van der Waals surface area contributed by atoms with Gasteiger partial charge in [-0.25, -0.2) is 28.4 Å². The molecule has 176 valence electrons. The molecule has 5 heterocycles. The van der Waals surface area contributed by atoms with Crippen LogP contribution in [-0.4, -0.2) is 62.3 Å². The maximum Gasteiger partial charge on any atom is 0.433 e. The number of fused-ring (bicyclic) bond motifs is 1. The van der Waals surface area contributed by atoms with Gasteiger partial charge in [-0.2, -0.15) is 23.3 Å². The summed E-state index contributed by atoms with van der Waals surface area (Å²) >= 11 is 0. The van der Waals surface area contributed by atoms with Gasteiger partial charge in [0.15, 0.2) is 5.65 Å². The third kappa shape index (κ3) is 4.15. The Balaban J connectivity index is 1.25. The van der Waals surface area contributed by atoms with Crippen molar-refractivity contribution in [1.82, 2.24) is 29.7 Å². The van der Waals surface area contributed by atoms with E-state index >= 15 is 0 Å². The molecule has 2 aliphatic rings. The van der Waals surface area contributed by atoms with E-state index in [4.69, 9.17) is 0 Å². The number of hydrogen-bond donors (Lipinski definition) is 0. The smallest absolute Gasteiger partial charge is 0.355 e. The molecule has 1 spiro atoms. The summed E-state index contributed by atoms with van der Waals surface area (Å²) in [5.41, 5.74) is -0.565. The lowest BCUT2D eigenvalue weighted by molar-refractivity contribution is -0.141. The highest BCUT2D eigenvalue weighted by atomic mass is 19.4. The number of halogens is 5. The van der Waals surface area contributed by atoms with Crippen molar-refractivity contribution in [2.24, 2.45) is 5.41 Å². The minimum atomic E-state index is -4.51. The molecular weight excluding hydrogens is 447 g/mol. The summed E-state index contributed by atoms with van der Waals surface area (Å²) in [6.45, 7) is 3.50. The molecule has 0 atom stereocenters. The molecule has 0 amide bonds. The second-order valence-electron chi connectivity index (χ2n) is 8.67.